The maximum Gasteiger partial charge on any atom is 0.269 e. The van der Waals surface area contributed by atoms with Crippen molar-refractivity contribution >= 4 is 17.7 Å². The summed E-state index contributed by atoms with van der Waals surface area (Å²) < 4.78 is 0. The fraction of sp³-hybridized carbons (Fsp3) is 0.250. The van der Waals surface area contributed by atoms with E-state index in [1.807, 2.05) is 45.9 Å². The molecular weight excluding hydrogens is 330 g/mol. The topological polar surface area (TPSA) is 87.3 Å². The third-order valence-electron chi connectivity index (χ3n) is 4.12. The third-order valence-corrected chi connectivity index (χ3v) is 4.12. The largest absolute Gasteiger partial charge is 0.343 e. The van der Waals surface area contributed by atoms with Crippen LogP contribution in [0, 0.1) is 27.7 Å². The summed E-state index contributed by atoms with van der Waals surface area (Å²) >= 11 is 0. The van der Waals surface area contributed by atoms with Gasteiger partial charge < -0.3 is 5.32 Å². The molecule has 0 radical (unpaired) electrons. The Morgan fingerprint density at radius 2 is 1.50 bits per heavy atom. The van der Waals surface area contributed by atoms with Gasteiger partial charge in [0.1, 0.15) is 0 Å². The lowest BCUT2D eigenvalue weighted by molar-refractivity contribution is -0.120. The summed E-state index contributed by atoms with van der Waals surface area (Å²) in [7, 11) is 0. The highest BCUT2D eigenvalue weighted by Gasteiger charge is 2.12. The van der Waals surface area contributed by atoms with Crippen LogP contribution in [0.15, 0.2) is 36.4 Å². The maximum absolute atomic E-state index is 12.1. The van der Waals surface area contributed by atoms with Crippen molar-refractivity contribution in [1.29, 1.82) is 0 Å². The minimum absolute atomic E-state index is 0.237. The fourth-order valence-electron chi connectivity index (χ4n) is 2.45. The minimum atomic E-state index is -0.514. The van der Waals surface area contributed by atoms with Crippen molar-refractivity contribution in [2.24, 2.45) is 0 Å². The van der Waals surface area contributed by atoms with Crippen LogP contribution in [0.3, 0.4) is 0 Å². The second-order valence-electron chi connectivity index (χ2n) is 6.30. The van der Waals surface area contributed by atoms with Crippen LogP contribution in [-0.4, -0.2) is 24.3 Å². The van der Waals surface area contributed by atoms with E-state index in [-0.39, 0.29) is 12.5 Å². The molecule has 0 bridgehead atoms. The molecule has 2 aromatic carbocycles. The van der Waals surface area contributed by atoms with Gasteiger partial charge in [-0.15, -0.1) is 0 Å². The molecule has 0 saturated heterocycles. The van der Waals surface area contributed by atoms with E-state index >= 15 is 0 Å². The van der Waals surface area contributed by atoms with Crippen LogP contribution >= 0.6 is 0 Å². The molecule has 0 atom stereocenters. The van der Waals surface area contributed by atoms with Crippen molar-refractivity contribution in [2.45, 2.75) is 27.7 Å². The normalized spacial score (nSPS) is 10.2. The van der Waals surface area contributed by atoms with E-state index in [1.54, 1.807) is 18.2 Å². The highest BCUT2D eigenvalue weighted by atomic mass is 16.2. The van der Waals surface area contributed by atoms with Gasteiger partial charge in [0.15, 0.2) is 0 Å². The van der Waals surface area contributed by atoms with Gasteiger partial charge in [0.25, 0.3) is 17.7 Å². The highest BCUT2D eigenvalue weighted by molar-refractivity contribution is 5.98. The van der Waals surface area contributed by atoms with Crippen LogP contribution < -0.4 is 16.2 Å². The van der Waals surface area contributed by atoms with Crippen molar-refractivity contribution in [3.8, 4) is 0 Å². The predicted octanol–water partition coefficient (Wildman–Crippen LogP) is 2.11. The first-order valence-electron chi connectivity index (χ1n) is 8.30. The molecule has 2 aromatic rings. The molecule has 0 aliphatic carbocycles. The lowest BCUT2D eigenvalue weighted by Gasteiger charge is -2.10. The minimum Gasteiger partial charge on any atom is -0.343 e. The van der Waals surface area contributed by atoms with E-state index < -0.39 is 11.8 Å². The van der Waals surface area contributed by atoms with E-state index in [2.05, 4.69) is 16.2 Å². The first-order chi connectivity index (χ1) is 12.3. The molecule has 2 rings (SSSR count). The molecule has 26 heavy (non-hydrogen) atoms. The molecule has 0 spiro atoms. The standard InChI is InChI=1S/C20H23N3O3/c1-12-5-8-17(15(4)9-12)20(26)23-22-18(24)11-21-19(25)16-7-6-13(2)14(3)10-16/h5-10H,11H2,1-4H3,(H,21,25)(H,22,24)(H,23,26). The number of hydrogen-bond acceptors (Lipinski definition) is 3. The quantitative estimate of drug-likeness (QED) is 0.736. The average Bonchev–Trinajstić information content (AvgIpc) is 2.59. The zero-order chi connectivity index (χ0) is 19.3. The first-order valence-corrected chi connectivity index (χ1v) is 8.30. The number of carbonyl (C=O) groups excluding carboxylic acids is 3. The highest BCUT2D eigenvalue weighted by Crippen LogP contribution is 2.10. The van der Waals surface area contributed by atoms with E-state index in [4.69, 9.17) is 0 Å². The Hall–Kier alpha value is -3.15. The average molecular weight is 353 g/mol. The number of nitrogens with one attached hydrogen (secondary N) is 3. The van der Waals surface area contributed by atoms with Crippen LogP contribution in [0.5, 0.6) is 0 Å². The molecule has 6 nitrogen and oxygen atoms in total. The Bertz CT molecular complexity index is 859. The molecule has 0 saturated carbocycles. The lowest BCUT2D eigenvalue weighted by atomic mass is 10.1. The van der Waals surface area contributed by atoms with Gasteiger partial charge in [-0.3, -0.25) is 25.2 Å². The third kappa shape index (κ3) is 4.92. The first kappa shape index (κ1) is 19.2. The van der Waals surface area contributed by atoms with Crippen molar-refractivity contribution in [2.75, 3.05) is 6.54 Å². The van der Waals surface area contributed by atoms with Crippen molar-refractivity contribution in [1.82, 2.24) is 16.2 Å². The van der Waals surface area contributed by atoms with Crippen molar-refractivity contribution < 1.29 is 14.4 Å². The van der Waals surface area contributed by atoms with E-state index in [1.165, 1.54) is 0 Å². The molecule has 0 unspecified atom stereocenters. The summed E-state index contributed by atoms with van der Waals surface area (Å²) in [6.45, 7) is 7.41. The number of rotatable bonds is 4. The van der Waals surface area contributed by atoms with Crippen LogP contribution in [0.25, 0.3) is 0 Å². The van der Waals surface area contributed by atoms with Crippen LogP contribution in [-0.2, 0) is 4.79 Å². The van der Waals surface area contributed by atoms with E-state index in [0.717, 1.165) is 22.3 Å². The lowest BCUT2D eigenvalue weighted by Crippen LogP contribution is -2.46. The number of carbonyl (C=O) groups is 3. The van der Waals surface area contributed by atoms with Crippen LogP contribution in [0.1, 0.15) is 43.0 Å². The molecule has 0 aliphatic heterocycles. The summed E-state index contributed by atoms with van der Waals surface area (Å²) in [5.74, 6) is -1.26. The predicted molar refractivity (Wildman–Crippen MR) is 99.8 cm³/mol. The Morgan fingerprint density at radius 1 is 0.769 bits per heavy atom. The molecule has 0 heterocycles. The van der Waals surface area contributed by atoms with E-state index in [9.17, 15) is 14.4 Å². The van der Waals surface area contributed by atoms with Crippen LogP contribution in [0.2, 0.25) is 0 Å². The van der Waals surface area contributed by atoms with Gasteiger partial charge in [-0.2, -0.15) is 0 Å². The van der Waals surface area contributed by atoms with Gasteiger partial charge in [-0.25, -0.2) is 0 Å². The van der Waals surface area contributed by atoms with Crippen molar-refractivity contribution in [3.63, 3.8) is 0 Å². The smallest absolute Gasteiger partial charge is 0.269 e. The Morgan fingerprint density at radius 3 is 2.15 bits per heavy atom. The maximum atomic E-state index is 12.1. The second kappa shape index (κ2) is 8.29. The Kier molecular flexibility index (Phi) is 6.11. The number of aryl methyl sites for hydroxylation is 4. The Labute approximate surface area is 153 Å². The fourth-order valence-corrected chi connectivity index (χ4v) is 2.45. The molecule has 6 heteroatoms. The monoisotopic (exact) mass is 353 g/mol. The molecule has 3 amide bonds. The number of hydrazine groups is 1. The van der Waals surface area contributed by atoms with Gasteiger partial charge >= 0.3 is 0 Å². The van der Waals surface area contributed by atoms with Gasteiger partial charge in [-0.1, -0.05) is 23.8 Å². The van der Waals surface area contributed by atoms with Gasteiger partial charge in [0, 0.05) is 11.1 Å². The van der Waals surface area contributed by atoms with Gasteiger partial charge in [-0.05, 0) is 62.6 Å². The van der Waals surface area contributed by atoms with Crippen molar-refractivity contribution in [3.05, 3.63) is 69.8 Å². The van der Waals surface area contributed by atoms with Gasteiger partial charge in [0.2, 0.25) is 0 Å². The molecular formula is C20H23N3O3. The molecule has 136 valence electrons. The summed E-state index contributed by atoms with van der Waals surface area (Å²) in [5, 5.41) is 2.53. The number of hydrogen-bond donors (Lipinski definition) is 3. The molecule has 3 N–H and O–H groups in total. The molecule has 0 fully saturated rings. The SMILES string of the molecule is Cc1ccc(C(=O)NNC(=O)CNC(=O)c2ccc(C)c(C)c2)c(C)c1. The summed E-state index contributed by atoms with van der Waals surface area (Å²) in [4.78, 5) is 36.0. The molecule has 0 aromatic heterocycles. The summed E-state index contributed by atoms with van der Waals surface area (Å²) in [6, 6.07) is 10.7. The van der Waals surface area contributed by atoms with E-state index in [0.29, 0.717) is 11.1 Å². The van der Waals surface area contributed by atoms with Gasteiger partial charge in [0.05, 0.1) is 6.54 Å². The number of benzene rings is 2. The summed E-state index contributed by atoms with van der Waals surface area (Å²) in [6.07, 6.45) is 0. The summed E-state index contributed by atoms with van der Waals surface area (Å²) in [5.41, 5.74) is 9.58. The zero-order valence-electron chi connectivity index (χ0n) is 15.4. The zero-order valence-corrected chi connectivity index (χ0v) is 15.4. The molecule has 0 aliphatic rings. The number of amides is 3. The van der Waals surface area contributed by atoms with Crippen LogP contribution in [0.4, 0.5) is 0 Å². The second-order valence-corrected chi connectivity index (χ2v) is 6.30. The Balaban J connectivity index is 1.84.